The van der Waals surface area contributed by atoms with Crippen LogP contribution in [0.15, 0.2) is 10.2 Å². The molecule has 22 heavy (non-hydrogen) atoms. The number of carbonyl (C=O) groups is 1. The van der Waals surface area contributed by atoms with E-state index in [0.29, 0.717) is 19.0 Å². The second-order valence-electron chi connectivity index (χ2n) is 5.68. The maximum absolute atomic E-state index is 12.6. The molecule has 118 valence electrons. The number of anilines is 1. The Balaban J connectivity index is 1.73. The van der Waals surface area contributed by atoms with Gasteiger partial charge in [0.15, 0.2) is 5.13 Å². The fourth-order valence-electron chi connectivity index (χ4n) is 2.43. The number of aryl methyl sites for hydroxylation is 2. The Morgan fingerprint density at radius 1 is 1.41 bits per heavy atom. The number of hydrogen-bond acceptors (Lipinski definition) is 5. The number of nitrogens with zero attached hydrogens (tertiary/aromatic N) is 3. The lowest BCUT2D eigenvalue weighted by Gasteiger charge is -2.19. The Morgan fingerprint density at radius 3 is 2.64 bits per heavy atom. The first-order valence-electron chi connectivity index (χ1n) is 7.38. The summed E-state index contributed by atoms with van der Waals surface area (Å²) >= 11 is 2.76. The predicted molar refractivity (Wildman–Crippen MR) is 90.0 cm³/mol. The first-order chi connectivity index (χ1) is 10.5. The van der Waals surface area contributed by atoms with E-state index in [2.05, 4.69) is 4.98 Å². The Morgan fingerprint density at radius 2 is 2.14 bits per heavy atom. The summed E-state index contributed by atoms with van der Waals surface area (Å²) in [5.41, 5.74) is 1.91. The van der Waals surface area contributed by atoms with Crippen LogP contribution in [0.3, 0.4) is 0 Å². The number of thiazole rings is 2. The van der Waals surface area contributed by atoms with E-state index in [9.17, 15) is 9.59 Å². The third-order valence-corrected chi connectivity index (χ3v) is 5.87. The van der Waals surface area contributed by atoms with E-state index >= 15 is 0 Å². The Labute approximate surface area is 137 Å². The molecule has 1 aliphatic carbocycles. The van der Waals surface area contributed by atoms with Gasteiger partial charge in [0, 0.05) is 35.0 Å². The summed E-state index contributed by atoms with van der Waals surface area (Å²) in [5, 5.41) is 2.75. The first-order valence-corrected chi connectivity index (χ1v) is 9.08. The van der Waals surface area contributed by atoms with Crippen molar-refractivity contribution in [2.45, 2.75) is 52.6 Å². The minimum absolute atomic E-state index is 0.0193. The Bertz CT molecular complexity index is 755. The first kappa shape index (κ1) is 15.4. The summed E-state index contributed by atoms with van der Waals surface area (Å²) in [6.45, 7) is 6.25. The highest BCUT2D eigenvalue weighted by atomic mass is 32.1. The summed E-state index contributed by atoms with van der Waals surface area (Å²) in [4.78, 5) is 31.8. The average Bonchev–Trinajstić information content (AvgIpc) is 3.15. The van der Waals surface area contributed by atoms with Gasteiger partial charge in [0.25, 0.3) is 0 Å². The van der Waals surface area contributed by atoms with Gasteiger partial charge in [-0.05, 0) is 33.6 Å². The SMILES string of the molecule is Cc1csc(N(C(=O)CCn2c(C)c(C)sc2=O)C2CC2)n1. The van der Waals surface area contributed by atoms with Crippen molar-refractivity contribution in [2.24, 2.45) is 0 Å². The molecule has 1 saturated carbocycles. The molecule has 7 heteroatoms. The van der Waals surface area contributed by atoms with Gasteiger partial charge >= 0.3 is 4.87 Å². The molecule has 1 aliphatic rings. The summed E-state index contributed by atoms with van der Waals surface area (Å²) in [6.07, 6.45) is 2.42. The molecule has 0 N–H and O–H groups in total. The van der Waals surface area contributed by atoms with Gasteiger partial charge < -0.3 is 4.57 Å². The van der Waals surface area contributed by atoms with Crippen molar-refractivity contribution in [1.82, 2.24) is 9.55 Å². The lowest BCUT2D eigenvalue weighted by atomic mass is 10.3. The third kappa shape index (κ3) is 3.01. The molecular formula is C15H19N3O2S2. The zero-order chi connectivity index (χ0) is 15.9. The van der Waals surface area contributed by atoms with Gasteiger partial charge in [0.05, 0.1) is 5.69 Å². The number of carbonyl (C=O) groups excluding carboxylic acids is 1. The van der Waals surface area contributed by atoms with Gasteiger partial charge in [0.1, 0.15) is 0 Å². The summed E-state index contributed by atoms with van der Waals surface area (Å²) in [6, 6.07) is 0.292. The molecule has 0 atom stereocenters. The third-order valence-electron chi connectivity index (χ3n) is 3.92. The van der Waals surface area contributed by atoms with Crippen molar-refractivity contribution in [1.29, 1.82) is 0 Å². The highest BCUT2D eigenvalue weighted by Gasteiger charge is 2.35. The van der Waals surface area contributed by atoms with E-state index < -0.39 is 0 Å². The van der Waals surface area contributed by atoms with Crippen LogP contribution in [0.25, 0.3) is 0 Å². The Hall–Kier alpha value is -1.47. The zero-order valence-corrected chi connectivity index (χ0v) is 14.6. The van der Waals surface area contributed by atoms with Crippen LogP contribution in [0, 0.1) is 20.8 Å². The minimum Gasteiger partial charge on any atom is -0.303 e. The van der Waals surface area contributed by atoms with Crippen LogP contribution >= 0.6 is 22.7 Å². The van der Waals surface area contributed by atoms with Crippen molar-refractivity contribution in [3.8, 4) is 0 Å². The van der Waals surface area contributed by atoms with E-state index in [1.807, 2.05) is 31.1 Å². The minimum atomic E-state index is 0.0193. The van der Waals surface area contributed by atoms with Gasteiger partial charge in [-0.2, -0.15) is 0 Å². The molecule has 0 unspecified atom stereocenters. The number of rotatable bonds is 5. The topological polar surface area (TPSA) is 55.2 Å². The molecule has 0 radical (unpaired) electrons. The van der Waals surface area contributed by atoms with Gasteiger partial charge in [0.2, 0.25) is 5.91 Å². The van der Waals surface area contributed by atoms with Crippen LogP contribution in [-0.4, -0.2) is 21.5 Å². The largest absolute Gasteiger partial charge is 0.307 e. The van der Waals surface area contributed by atoms with Gasteiger partial charge in [-0.15, -0.1) is 11.3 Å². The quantitative estimate of drug-likeness (QED) is 0.843. The van der Waals surface area contributed by atoms with Crippen LogP contribution in [0.1, 0.15) is 35.5 Å². The number of aromatic nitrogens is 2. The van der Waals surface area contributed by atoms with Crippen molar-refractivity contribution in [3.05, 3.63) is 31.3 Å². The molecule has 5 nitrogen and oxygen atoms in total. The summed E-state index contributed by atoms with van der Waals surface area (Å²) in [5.74, 6) is 0.0620. The maximum Gasteiger partial charge on any atom is 0.307 e. The molecule has 2 heterocycles. The normalized spacial score (nSPS) is 14.3. The standard InChI is InChI=1S/C15H19N3O2S2/c1-9-8-21-14(16-9)18(12-4-5-12)13(19)6-7-17-10(2)11(3)22-15(17)20/h8,12H,4-7H2,1-3H3. The number of hydrogen-bond donors (Lipinski definition) is 0. The van der Waals surface area contributed by atoms with E-state index in [1.165, 1.54) is 22.7 Å². The zero-order valence-electron chi connectivity index (χ0n) is 13.0. The summed E-state index contributed by atoms with van der Waals surface area (Å²) in [7, 11) is 0. The van der Waals surface area contributed by atoms with Crippen molar-refractivity contribution >= 4 is 33.7 Å². The lowest BCUT2D eigenvalue weighted by molar-refractivity contribution is -0.119. The fourth-order valence-corrected chi connectivity index (χ4v) is 4.17. The van der Waals surface area contributed by atoms with Crippen LogP contribution in [0.4, 0.5) is 5.13 Å². The molecule has 0 saturated heterocycles. The van der Waals surface area contributed by atoms with Crippen molar-refractivity contribution < 1.29 is 4.79 Å². The van der Waals surface area contributed by atoms with Gasteiger partial charge in [-0.25, -0.2) is 4.98 Å². The second kappa shape index (κ2) is 5.96. The second-order valence-corrected chi connectivity index (χ2v) is 7.68. The molecule has 3 rings (SSSR count). The average molecular weight is 337 g/mol. The molecule has 0 bridgehead atoms. The molecule has 0 aliphatic heterocycles. The van der Waals surface area contributed by atoms with E-state index in [0.717, 1.165) is 34.2 Å². The lowest BCUT2D eigenvalue weighted by Crippen LogP contribution is -2.34. The van der Waals surface area contributed by atoms with Gasteiger partial charge in [-0.3, -0.25) is 14.5 Å². The molecule has 1 amide bonds. The monoisotopic (exact) mass is 337 g/mol. The van der Waals surface area contributed by atoms with Gasteiger partial charge in [-0.1, -0.05) is 11.3 Å². The molecule has 1 fully saturated rings. The van der Waals surface area contributed by atoms with Crippen LogP contribution in [0.5, 0.6) is 0 Å². The molecular weight excluding hydrogens is 318 g/mol. The van der Waals surface area contributed by atoms with Crippen molar-refractivity contribution in [3.63, 3.8) is 0 Å². The molecule has 0 spiro atoms. The predicted octanol–water partition coefficient (Wildman–Crippen LogP) is 2.88. The molecule has 2 aromatic heterocycles. The van der Waals surface area contributed by atoms with E-state index in [4.69, 9.17) is 0 Å². The highest BCUT2D eigenvalue weighted by molar-refractivity contribution is 7.14. The van der Waals surface area contributed by atoms with Crippen LogP contribution in [-0.2, 0) is 11.3 Å². The number of amides is 1. The van der Waals surface area contributed by atoms with Crippen LogP contribution in [0.2, 0.25) is 0 Å². The smallest absolute Gasteiger partial charge is 0.303 e. The Kier molecular flexibility index (Phi) is 4.18. The molecule has 2 aromatic rings. The maximum atomic E-state index is 12.6. The van der Waals surface area contributed by atoms with E-state index in [-0.39, 0.29) is 10.8 Å². The molecule has 0 aromatic carbocycles. The highest BCUT2D eigenvalue weighted by Crippen LogP contribution is 2.34. The summed E-state index contributed by atoms with van der Waals surface area (Å²) < 4.78 is 1.70. The fraction of sp³-hybridized carbons (Fsp3) is 0.533. The van der Waals surface area contributed by atoms with Crippen LogP contribution < -0.4 is 9.77 Å². The van der Waals surface area contributed by atoms with Crippen molar-refractivity contribution in [2.75, 3.05) is 4.90 Å². The van der Waals surface area contributed by atoms with E-state index in [1.54, 1.807) is 4.57 Å².